The van der Waals surface area contributed by atoms with E-state index >= 15 is 0 Å². The maximum Gasteiger partial charge on any atom is 0.225 e. The molecule has 0 saturated carbocycles. The van der Waals surface area contributed by atoms with Crippen molar-refractivity contribution in [2.75, 3.05) is 24.2 Å². The van der Waals surface area contributed by atoms with Crippen LogP contribution in [0.1, 0.15) is 38.7 Å². The fourth-order valence-electron chi connectivity index (χ4n) is 3.59. The summed E-state index contributed by atoms with van der Waals surface area (Å²) in [7, 11) is -3.23. The standard InChI is InChI=1S/C21H29N3O3S/c1-4-6-17-14-22-21(23-15-17)24-11-9-18(10-12-24)16(2)27-19-7-5-8-20(13-19)28(3,25)26/h5,7-8,13-16,18H,4,6,9-12H2,1-3H3. The molecule has 2 heterocycles. The third-order valence-corrected chi connectivity index (χ3v) is 6.38. The van der Waals surface area contributed by atoms with Crippen molar-refractivity contribution < 1.29 is 13.2 Å². The molecule has 3 rings (SSSR count). The van der Waals surface area contributed by atoms with Crippen molar-refractivity contribution in [3.8, 4) is 5.75 Å². The summed E-state index contributed by atoms with van der Waals surface area (Å²) in [5.74, 6) is 1.82. The molecule has 7 heteroatoms. The molecule has 1 aromatic carbocycles. The summed E-state index contributed by atoms with van der Waals surface area (Å²) in [5.41, 5.74) is 1.18. The van der Waals surface area contributed by atoms with Crippen LogP contribution in [0.25, 0.3) is 0 Å². The molecule has 1 atom stereocenters. The molecule has 0 radical (unpaired) electrons. The largest absolute Gasteiger partial charge is 0.490 e. The molecule has 0 aliphatic carbocycles. The van der Waals surface area contributed by atoms with Crippen LogP contribution in [0.3, 0.4) is 0 Å². The zero-order valence-corrected chi connectivity index (χ0v) is 17.7. The zero-order valence-electron chi connectivity index (χ0n) is 16.8. The number of anilines is 1. The number of rotatable bonds is 7. The van der Waals surface area contributed by atoms with Gasteiger partial charge >= 0.3 is 0 Å². The van der Waals surface area contributed by atoms with E-state index in [4.69, 9.17) is 4.74 Å². The van der Waals surface area contributed by atoms with E-state index in [0.717, 1.165) is 44.7 Å². The number of aryl methyl sites for hydroxylation is 1. The van der Waals surface area contributed by atoms with Crippen molar-refractivity contribution in [2.24, 2.45) is 5.92 Å². The van der Waals surface area contributed by atoms with Crippen molar-refractivity contribution in [3.63, 3.8) is 0 Å². The van der Waals surface area contributed by atoms with Crippen LogP contribution in [-0.2, 0) is 16.3 Å². The van der Waals surface area contributed by atoms with E-state index in [1.54, 1.807) is 18.2 Å². The van der Waals surface area contributed by atoms with Gasteiger partial charge in [0.2, 0.25) is 5.95 Å². The summed E-state index contributed by atoms with van der Waals surface area (Å²) in [6, 6.07) is 6.73. The van der Waals surface area contributed by atoms with Gasteiger partial charge in [0.15, 0.2) is 9.84 Å². The molecule has 1 aromatic heterocycles. The van der Waals surface area contributed by atoms with Gasteiger partial charge in [0.1, 0.15) is 5.75 Å². The van der Waals surface area contributed by atoms with Gasteiger partial charge in [0, 0.05) is 31.7 Å². The minimum absolute atomic E-state index is 0.0183. The lowest BCUT2D eigenvalue weighted by Crippen LogP contribution is -2.39. The van der Waals surface area contributed by atoms with Gasteiger partial charge in [-0.3, -0.25) is 0 Å². The smallest absolute Gasteiger partial charge is 0.225 e. The predicted octanol–water partition coefficient (Wildman–Crippen LogP) is 3.52. The number of hydrogen-bond donors (Lipinski definition) is 0. The number of nitrogens with zero attached hydrogens (tertiary/aromatic N) is 3. The number of ether oxygens (including phenoxy) is 1. The summed E-state index contributed by atoms with van der Waals surface area (Å²) in [5, 5.41) is 0. The monoisotopic (exact) mass is 403 g/mol. The summed E-state index contributed by atoms with van der Waals surface area (Å²) < 4.78 is 29.5. The highest BCUT2D eigenvalue weighted by atomic mass is 32.2. The third-order valence-electron chi connectivity index (χ3n) is 5.27. The minimum Gasteiger partial charge on any atom is -0.490 e. The quantitative estimate of drug-likeness (QED) is 0.704. The number of benzene rings is 1. The van der Waals surface area contributed by atoms with Gasteiger partial charge in [-0.15, -0.1) is 0 Å². The number of piperidine rings is 1. The molecule has 1 fully saturated rings. The van der Waals surface area contributed by atoms with E-state index in [1.165, 1.54) is 11.8 Å². The first-order valence-electron chi connectivity index (χ1n) is 9.89. The third kappa shape index (κ3) is 5.22. The van der Waals surface area contributed by atoms with Gasteiger partial charge in [0.05, 0.1) is 11.0 Å². The lowest BCUT2D eigenvalue weighted by Gasteiger charge is -2.34. The van der Waals surface area contributed by atoms with Crippen LogP contribution in [0.5, 0.6) is 5.75 Å². The summed E-state index contributed by atoms with van der Waals surface area (Å²) in [6.45, 7) is 6.01. The normalized spacial score (nSPS) is 16.8. The van der Waals surface area contributed by atoms with Gasteiger partial charge in [-0.2, -0.15) is 0 Å². The summed E-state index contributed by atoms with van der Waals surface area (Å²) >= 11 is 0. The fraction of sp³-hybridized carbons (Fsp3) is 0.524. The second kappa shape index (κ2) is 8.90. The fourth-order valence-corrected chi connectivity index (χ4v) is 4.24. The highest BCUT2D eigenvalue weighted by Crippen LogP contribution is 2.27. The molecular weight excluding hydrogens is 374 g/mol. The Morgan fingerprint density at radius 3 is 2.50 bits per heavy atom. The van der Waals surface area contributed by atoms with Crippen molar-refractivity contribution in [2.45, 2.75) is 50.5 Å². The lowest BCUT2D eigenvalue weighted by molar-refractivity contribution is 0.132. The highest BCUT2D eigenvalue weighted by molar-refractivity contribution is 7.90. The van der Waals surface area contributed by atoms with Gasteiger partial charge in [-0.1, -0.05) is 19.4 Å². The van der Waals surface area contributed by atoms with Crippen LogP contribution in [0, 0.1) is 5.92 Å². The van der Waals surface area contributed by atoms with Crippen LogP contribution in [-0.4, -0.2) is 43.8 Å². The van der Waals surface area contributed by atoms with E-state index in [2.05, 4.69) is 28.7 Å². The maximum absolute atomic E-state index is 11.7. The first-order chi connectivity index (χ1) is 13.4. The van der Waals surface area contributed by atoms with E-state index in [0.29, 0.717) is 11.7 Å². The highest BCUT2D eigenvalue weighted by Gasteiger charge is 2.26. The molecule has 1 saturated heterocycles. The van der Waals surface area contributed by atoms with E-state index in [9.17, 15) is 8.42 Å². The first kappa shape index (κ1) is 20.6. The Bertz CT molecular complexity index is 876. The Morgan fingerprint density at radius 2 is 1.89 bits per heavy atom. The predicted molar refractivity (Wildman–Crippen MR) is 111 cm³/mol. The molecule has 0 N–H and O–H groups in total. The van der Waals surface area contributed by atoms with Gasteiger partial charge in [0.25, 0.3) is 0 Å². The summed E-state index contributed by atoms with van der Waals surface area (Å²) in [6.07, 6.45) is 9.18. The second-order valence-corrected chi connectivity index (χ2v) is 9.55. The number of sulfone groups is 1. The average molecular weight is 404 g/mol. The molecule has 1 aliphatic heterocycles. The maximum atomic E-state index is 11.7. The first-order valence-corrected chi connectivity index (χ1v) is 11.8. The Labute approximate surface area is 167 Å². The zero-order chi connectivity index (χ0) is 20.1. The van der Waals surface area contributed by atoms with Crippen LogP contribution >= 0.6 is 0 Å². The van der Waals surface area contributed by atoms with Crippen LogP contribution < -0.4 is 9.64 Å². The van der Waals surface area contributed by atoms with E-state index < -0.39 is 9.84 Å². The minimum atomic E-state index is -3.23. The van der Waals surface area contributed by atoms with Crippen molar-refractivity contribution >= 4 is 15.8 Å². The van der Waals surface area contributed by atoms with Crippen molar-refractivity contribution in [1.29, 1.82) is 0 Å². The van der Waals surface area contributed by atoms with Crippen molar-refractivity contribution in [3.05, 3.63) is 42.2 Å². The average Bonchev–Trinajstić information content (AvgIpc) is 2.68. The SMILES string of the molecule is CCCc1cnc(N2CCC(C(C)Oc3cccc(S(C)(=O)=O)c3)CC2)nc1. The molecule has 0 amide bonds. The number of hydrogen-bond acceptors (Lipinski definition) is 6. The summed E-state index contributed by atoms with van der Waals surface area (Å²) in [4.78, 5) is 11.5. The topological polar surface area (TPSA) is 72.4 Å². The molecule has 2 aromatic rings. The Kier molecular flexibility index (Phi) is 6.54. The van der Waals surface area contributed by atoms with Gasteiger partial charge in [-0.25, -0.2) is 18.4 Å². The van der Waals surface area contributed by atoms with E-state index in [-0.39, 0.29) is 11.0 Å². The molecular formula is C21H29N3O3S. The Balaban J connectivity index is 1.56. The molecule has 28 heavy (non-hydrogen) atoms. The Hall–Kier alpha value is -2.15. The molecule has 1 unspecified atom stereocenters. The number of aromatic nitrogens is 2. The Morgan fingerprint density at radius 1 is 1.21 bits per heavy atom. The molecule has 0 spiro atoms. The van der Waals surface area contributed by atoms with E-state index in [1.807, 2.05) is 18.5 Å². The molecule has 0 bridgehead atoms. The van der Waals surface area contributed by atoms with Gasteiger partial charge in [-0.05, 0) is 55.9 Å². The van der Waals surface area contributed by atoms with Crippen LogP contribution in [0.4, 0.5) is 5.95 Å². The molecule has 152 valence electrons. The molecule has 1 aliphatic rings. The van der Waals surface area contributed by atoms with Crippen molar-refractivity contribution in [1.82, 2.24) is 9.97 Å². The van der Waals surface area contributed by atoms with Gasteiger partial charge < -0.3 is 9.64 Å². The van der Waals surface area contributed by atoms with Crippen LogP contribution in [0.2, 0.25) is 0 Å². The van der Waals surface area contributed by atoms with Crippen LogP contribution in [0.15, 0.2) is 41.6 Å². The molecule has 6 nitrogen and oxygen atoms in total. The lowest BCUT2D eigenvalue weighted by atomic mass is 9.92. The second-order valence-electron chi connectivity index (χ2n) is 7.54.